The lowest BCUT2D eigenvalue weighted by Crippen LogP contribution is -2.40. The fourth-order valence-corrected chi connectivity index (χ4v) is 1.48. The second-order valence-corrected chi connectivity index (χ2v) is 5.35. The number of benzene rings is 1. The SMILES string of the molecule is CC(C)(C)OC(=O)NC(N)=NCc1cccc(CN)c1. The van der Waals surface area contributed by atoms with Gasteiger partial charge in [-0.05, 0) is 31.9 Å². The Bertz CT molecular complexity index is 492. The average molecular weight is 278 g/mol. The lowest BCUT2D eigenvalue weighted by molar-refractivity contribution is 0.0562. The van der Waals surface area contributed by atoms with E-state index in [4.69, 9.17) is 16.2 Å². The van der Waals surface area contributed by atoms with Crippen molar-refractivity contribution in [3.63, 3.8) is 0 Å². The monoisotopic (exact) mass is 278 g/mol. The van der Waals surface area contributed by atoms with Crippen LogP contribution >= 0.6 is 0 Å². The lowest BCUT2D eigenvalue weighted by atomic mass is 10.1. The third-order valence-corrected chi connectivity index (χ3v) is 2.29. The maximum atomic E-state index is 11.5. The molecule has 0 heterocycles. The molecule has 20 heavy (non-hydrogen) atoms. The standard InChI is InChI=1S/C14H22N4O2/c1-14(2,3)20-13(19)18-12(16)17-9-11-6-4-5-10(7-11)8-15/h4-7H,8-9,15H2,1-3H3,(H3,16,17,18,19). The van der Waals surface area contributed by atoms with E-state index in [2.05, 4.69) is 10.3 Å². The number of rotatable bonds is 3. The minimum absolute atomic E-state index is 0.0254. The average Bonchev–Trinajstić information content (AvgIpc) is 2.34. The van der Waals surface area contributed by atoms with Gasteiger partial charge in [-0.25, -0.2) is 9.79 Å². The van der Waals surface area contributed by atoms with E-state index in [1.807, 2.05) is 24.3 Å². The van der Waals surface area contributed by atoms with E-state index >= 15 is 0 Å². The van der Waals surface area contributed by atoms with Crippen molar-refractivity contribution in [3.05, 3.63) is 35.4 Å². The largest absolute Gasteiger partial charge is 0.444 e. The summed E-state index contributed by atoms with van der Waals surface area (Å²) in [5, 5.41) is 2.38. The van der Waals surface area contributed by atoms with Gasteiger partial charge in [0.05, 0.1) is 6.54 Å². The molecule has 0 atom stereocenters. The van der Waals surface area contributed by atoms with E-state index in [1.54, 1.807) is 20.8 Å². The Morgan fingerprint density at radius 3 is 2.60 bits per heavy atom. The number of carbonyl (C=O) groups excluding carboxylic acids is 1. The van der Waals surface area contributed by atoms with Gasteiger partial charge in [0.1, 0.15) is 5.60 Å². The number of carbonyl (C=O) groups is 1. The van der Waals surface area contributed by atoms with Crippen LogP contribution < -0.4 is 16.8 Å². The van der Waals surface area contributed by atoms with Gasteiger partial charge in [0.15, 0.2) is 5.96 Å². The summed E-state index contributed by atoms with van der Waals surface area (Å²) in [5.74, 6) is 0.0254. The highest BCUT2D eigenvalue weighted by molar-refractivity contribution is 5.92. The van der Waals surface area contributed by atoms with Crippen LogP contribution in [0.3, 0.4) is 0 Å². The van der Waals surface area contributed by atoms with Crippen molar-refractivity contribution in [2.24, 2.45) is 16.5 Å². The number of ether oxygens (including phenoxy) is 1. The molecule has 1 rings (SSSR count). The third kappa shape index (κ3) is 6.19. The summed E-state index contributed by atoms with van der Waals surface area (Å²) in [5.41, 5.74) is 12.6. The molecule has 6 nitrogen and oxygen atoms in total. The molecule has 0 radical (unpaired) electrons. The predicted molar refractivity (Wildman–Crippen MR) is 79.0 cm³/mol. The quantitative estimate of drug-likeness (QED) is 0.575. The van der Waals surface area contributed by atoms with Gasteiger partial charge in [-0.15, -0.1) is 0 Å². The molecule has 1 aromatic carbocycles. The number of amides is 1. The van der Waals surface area contributed by atoms with Crippen LogP contribution in [0.1, 0.15) is 31.9 Å². The second kappa shape index (κ2) is 6.91. The van der Waals surface area contributed by atoms with E-state index in [0.717, 1.165) is 11.1 Å². The Labute approximate surface area is 119 Å². The van der Waals surface area contributed by atoms with E-state index < -0.39 is 11.7 Å². The second-order valence-electron chi connectivity index (χ2n) is 5.35. The van der Waals surface area contributed by atoms with Gasteiger partial charge in [-0.3, -0.25) is 5.32 Å². The molecule has 0 bridgehead atoms. The van der Waals surface area contributed by atoms with Gasteiger partial charge in [0, 0.05) is 6.54 Å². The summed E-state index contributed by atoms with van der Waals surface area (Å²) in [7, 11) is 0. The zero-order valence-electron chi connectivity index (χ0n) is 12.1. The molecule has 0 aliphatic rings. The van der Waals surface area contributed by atoms with Crippen molar-refractivity contribution in [2.45, 2.75) is 39.5 Å². The highest BCUT2D eigenvalue weighted by atomic mass is 16.6. The number of nitrogens with zero attached hydrogens (tertiary/aromatic N) is 1. The number of hydrogen-bond acceptors (Lipinski definition) is 4. The topological polar surface area (TPSA) is 103 Å². The van der Waals surface area contributed by atoms with E-state index in [9.17, 15) is 4.79 Å². The molecule has 0 unspecified atom stereocenters. The first kappa shape index (κ1) is 16.0. The van der Waals surface area contributed by atoms with Gasteiger partial charge in [-0.2, -0.15) is 0 Å². The van der Waals surface area contributed by atoms with Crippen LogP contribution in [-0.2, 0) is 17.8 Å². The first-order valence-electron chi connectivity index (χ1n) is 6.38. The van der Waals surface area contributed by atoms with Crippen molar-refractivity contribution >= 4 is 12.1 Å². The number of guanidine groups is 1. The van der Waals surface area contributed by atoms with Crippen molar-refractivity contribution in [3.8, 4) is 0 Å². The van der Waals surface area contributed by atoms with Crippen molar-refractivity contribution < 1.29 is 9.53 Å². The number of aliphatic imine (C=N–C) groups is 1. The van der Waals surface area contributed by atoms with Gasteiger partial charge < -0.3 is 16.2 Å². The zero-order chi connectivity index (χ0) is 15.2. The van der Waals surface area contributed by atoms with Gasteiger partial charge >= 0.3 is 6.09 Å². The van der Waals surface area contributed by atoms with Crippen LogP contribution in [0, 0.1) is 0 Å². The lowest BCUT2D eigenvalue weighted by Gasteiger charge is -2.19. The first-order chi connectivity index (χ1) is 9.30. The summed E-state index contributed by atoms with van der Waals surface area (Å²) in [6, 6.07) is 7.72. The molecule has 110 valence electrons. The molecule has 0 spiro atoms. The number of nitrogens with two attached hydrogens (primary N) is 2. The molecule has 0 aliphatic carbocycles. The van der Waals surface area contributed by atoms with Crippen LogP contribution in [-0.4, -0.2) is 17.7 Å². The molecule has 6 heteroatoms. The van der Waals surface area contributed by atoms with E-state index in [-0.39, 0.29) is 5.96 Å². The Morgan fingerprint density at radius 1 is 1.35 bits per heavy atom. The van der Waals surface area contributed by atoms with Gasteiger partial charge in [-0.1, -0.05) is 24.3 Å². The minimum Gasteiger partial charge on any atom is -0.444 e. The summed E-state index contributed by atoms with van der Waals surface area (Å²) in [4.78, 5) is 15.6. The number of hydrogen-bond donors (Lipinski definition) is 3. The van der Waals surface area contributed by atoms with Crippen molar-refractivity contribution in [1.82, 2.24) is 5.32 Å². The Balaban J connectivity index is 2.55. The molecule has 0 aliphatic heterocycles. The molecular formula is C14H22N4O2. The zero-order valence-corrected chi connectivity index (χ0v) is 12.1. The molecule has 1 aromatic rings. The van der Waals surface area contributed by atoms with Crippen LogP contribution in [0.25, 0.3) is 0 Å². The number of alkyl carbamates (subject to hydrolysis) is 1. The predicted octanol–water partition coefficient (Wildman–Crippen LogP) is 1.48. The molecule has 0 saturated carbocycles. The maximum absolute atomic E-state index is 11.5. The smallest absolute Gasteiger partial charge is 0.414 e. The van der Waals surface area contributed by atoms with E-state index in [1.165, 1.54) is 0 Å². The molecule has 1 amide bonds. The van der Waals surface area contributed by atoms with Gasteiger partial charge in [0.2, 0.25) is 0 Å². The molecular weight excluding hydrogens is 256 g/mol. The van der Waals surface area contributed by atoms with Crippen LogP contribution in [0.5, 0.6) is 0 Å². The Kier molecular flexibility index (Phi) is 5.52. The van der Waals surface area contributed by atoms with E-state index in [0.29, 0.717) is 13.1 Å². The van der Waals surface area contributed by atoms with Crippen molar-refractivity contribution in [1.29, 1.82) is 0 Å². The normalized spacial score (nSPS) is 12.1. The highest BCUT2D eigenvalue weighted by Crippen LogP contribution is 2.07. The highest BCUT2D eigenvalue weighted by Gasteiger charge is 2.16. The minimum atomic E-state index is -0.616. The summed E-state index contributed by atoms with van der Waals surface area (Å²) < 4.78 is 5.07. The maximum Gasteiger partial charge on any atom is 0.414 e. The molecule has 0 aromatic heterocycles. The fourth-order valence-electron chi connectivity index (χ4n) is 1.48. The summed E-state index contributed by atoms with van der Waals surface area (Å²) in [6.45, 7) is 6.17. The molecule has 0 saturated heterocycles. The van der Waals surface area contributed by atoms with Gasteiger partial charge in [0.25, 0.3) is 0 Å². The van der Waals surface area contributed by atoms with Crippen LogP contribution in [0.15, 0.2) is 29.3 Å². The van der Waals surface area contributed by atoms with Crippen LogP contribution in [0.4, 0.5) is 4.79 Å². The Hall–Kier alpha value is -2.08. The third-order valence-electron chi connectivity index (χ3n) is 2.29. The first-order valence-corrected chi connectivity index (χ1v) is 6.38. The summed E-state index contributed by atoms with van der Waals surface area (Å²) >= 11 is 0. The number of nitrogens with one attached hydrogen (secondary N) is 1. The van der Waals surface area contributed by atoms with Crippen LogP contribution in [0.2, 0.25) is 0 Å². The Morgan fingerprint density at radius 2 is 2.00 bits per heavy atom. The molecule has 0 fully saturated rings. The van der Waals surface area contributed by atoms with Crippen molar-refractivity contribution in [2.75, 3.05) is 0 Å². The summed E-state index contributed by atoms with van der Waals surface area (Å²) in [6.07, 6.45) is -0.616. The fraction of sp³-hybridized carbons (Fsp3) is 0.429. The molecule has 5 N–H and O–H groups in total.